The van der Waals surface area contributed by atoms with Gasteiger partial charge in [-0.25, -0.2) is 8.78 Å². The fourth-order valence-electron chi connectivity index (χ4n) is 0.888. The lowest BCUT2D eigenvalue weighted by atomic mass is 10.4. The highest BCUT2D eigenvalue weighted by Crippen LogP contribution is 2.25. The van der Waals surface area contributed by atoms with Crippen LogP contribution in [0.3, 0.4) is 0 Å². The lowest BCUT2D eigenvalue weighted by Crippen LogP contribution is -2.33. The maximum atomic E-state index is 12.5. The van der Waals surface area contributed by atoms with Crippen LogP contribution < -0.4 is 0 Å². The Morgan fingerprint density at radius 3 is 2.17 bits per heavy atom. The van der Waals surface area contributed by atoms with Crippen molar-refractivity contribution in [1.82, 2.24) is 0 Å². The largest absolute Gasteiger partial charge is 0.331 e. The van der Waals surface area contributed by atoms with Gasteiger partial charge in [-0.15, -0.1) is 0 Å². The molecule has 1 rings (SSSR count). The summed E-state index contributed by atoms with van der Waals surface area (Å²) in [6.07, 6.45) is -4.00. The maximum Gasteiger partial charge on any atom is 0.331 e. The summed E-state index contributed by atoms with van der Waals surface area (Å²) in [5, 5.41) is 0.229. The highest BCUT2D eigenvalue weighted by Gasteiger charge is 2.42. The second kappa shape index (κ2) is 5.41. The molecule has 0 aromatic heterocycles. The number of benzene rings is 1. The third-order valence-electron chi connectivity index (χ3n) is 1.83. The van der Waals surface area contributed by atoms with Crippen LogP contribution in [0.2, 0.25) is 5.02 Å². The van der Waals surface area contributed by atoms with E-state index in [-0.39, 0.29) is 5.02 Å². The van der Waals surface area contributed by atoms with E-state index in [0.717, 1.165) is 12.1 Å². The van der Waals surface area contributed by atoms with Crippen molar-refractivity contribution in [3.05, 3.63) is 29.3 Å². The molecular formula is C9H7ClF4O3S. The van der Waals surface area contributed by atoms with Gasteiger partial charge in [0.15, 0.2) is 0 Å². The molecule has 1 aromatic carbocycles. The number of hydrogen-bond donors (Lipinski definition) is 0. The van der Waals surface area contributed by atoms with Gasteiger partial charge in [0.2, 0.25) is 0 Å². The average molecular weight is 307 g/mol. The molecule has 102 valence electrons. The van der Waals surface area contributed by atoms with Gasteiger partial charge in [0.05, 0.1) is 4.90 Å². The van der Waals surface area contributed by atoms with E-state index in [9.17, 15) is 26.0 Å². The number of rotatable bonds is 5. The number of halogens is 5. The minimum atomic E-state index is -4.53. The Kier molecular flexibility index (Phi) is 4.57. The Bertz CT molecular complexity index is 501. The quantitative estimate of drug-likeness (QED) is 0.620. The Labute approximate surface area is 105 Å². The van der Waals surface area contributed by atoms with Crippen LogP contribution in [0.1, 0.15) is 0 Å². The van der Waals surface area contributed by atoms with Crippen LogP contribution in [-0.2, 0) is 14.3 Å². The topological polar surface area (TPSA) is 43.4 Å². The molecule has 0 unspecified atom stereocenters. The molecule has 0 N–H and O–H groups in total. The van der Waals surface area contributed by atoms with Crippen LogP contribution in [0.25, 0.3) is 0 Å². The van der Waals surface area contributed by atoms with Gasteiger partial charge >= 0.3 is 12.3 Å². The fourth-order valence-corrected chi connectivity index (χ4v) is 1.93. The highest BCUT2D eigenvalue weighted by molar-refractivity contribution is 7.86. The molecule has 3 nitrogen and oxygen atoms in total. The Balaban J connectivity index is 2.81. The second-order valence-electron chi connectivity index (χ2n) is 3.23. The van der Waals surface area contributed by atoms with Gasteiger partial charge in [0, 0.05) is 5.02 Å². The van der Waals surface area contributed by atoms with E-state index in [1.54, 1.807) is 0 Å². The van der Waals surface area contributed by atoms with E-state index in [1.165, 1.54) is 12.1 Å². The van der Waals surface area contributed by atoms with Crippen LogP contribution >= 0.6 is 11.6 Å². The van der Waals surface area contributed by atoms with Crippen molar-refractivity contribution >= 4 is 21.7 Å². The molecule has 0 spiro atoms. The summed E-state index contributed by atoms with van der Waals surface area (Å²) in [5.41, 5.74) is 0. The number of hydrogen-bond acceptors (Lipinski definition) is 3. The van der Waals surface area contributed by atoms with Gasteiger partial charge in [0.25, 0.3) is 10.1 Å². The standard InChI is InChI=1S/C9H7ClF4O3S/c10-6-1-3-7(4-2-6)18(15,16)17-5-9(13,14)8(11)12/h1-4,8H,5H2. The Morgan fingerprint density at radius 1 is 1.22 bits per heavy atom. The first-order chi connectivity index (χ1) is 8.15. The average Bonchev–Trinajstić information content (AvgIpc) is 2.27. The Hall–Kier alpha value is -0.860. The van der Waals surface area contributed by atoms with E-state index in [4.69, 9.17) is 11.6 Å². The molecular weight excluding hydrogens is 300 g/mol. The van der Waals surface area contributed by atoms with Gasteiger partial charge in [-0.1, -0.05) is 11.6 Å². The molecule has 0 saturated heterocycles. The van der Waals surface area contributed by atoms with E-state index in [0.29, 0.717) is 0 Å². The smallest absolute Gasteiger partial charge is 0.260 e. The first-order valence-electron chi connectivity index (χ1n) is 4.46. The van der Waals surface area contributed by atoms with Crippen molar-refractivity contribution in [1.29, 1.82) is 0 Å². The summed E-state index contributed by atoms with van der Waals surface area (Å²) >= 11 is 5.50. The molecule has 0 saturated carbocycles. The molecule has 9 heteroatoms. The zero-order valence-electron chi connectivity index (χ0n) is 8.62. The van der Waals surface area contributed by atoms with E-state index >= 15 is 0 Å². The molecule has 1 aromatic rings. The summed E-state index contributed by atoms with van der Waals surface area (Å²) < 4.78 is 75.2. The lowest BCUT2D eigenvalue weighted by molar-refractivity contribution is -0.147. The van der Waals surface area contributed by atoms with Crippen LogP contribution in [-0.4, -0.2) is 27.4 Å². The third kappa shape index (κ3) is 3.82. The zero-order valence-corrected chi connectivity index (χ0v) is 10.2. The SMILES string of the molecule is O=S(=O)(OCC(F)(F)C(F)F)c1ccc(Cl)cc1. The molecule has 0 bridgehead atoms. The van der Waals surface area contributed by atoms with Crippen molar-refractivity contribution in [2.24, 2.45) is 0 Å². The van der Waals surface area contributed by atoms with E-state index in [2.05, 4.69) is 4.18 Å². The first kappa shape index (κ1) is 15.2. The zero-order chi connectivity index (χ0) is 14.0. The summed E-state index contributed by atoms with van der Waals surface area (Å²) in [6.45, 7) is -1.92. The van der Waals surface area contributed by atoms with Crippen molar-refractivity contribution in [2.75, 3.05) is 6.61 Å². The summed E-state index contributed by atoms with van der Waals surface area (Å²) in [7, 11) is -4.52. The summed E-state index contributed by atoms with van der Waals surface area (Å²) in [5.74, 6) is -4.53. The fraction of sp³-hybridized carbons (Fsp3) is 0.333. The van der Waals surface area contributed by atoms with Crippen molar-refractivity contribution in [2.45, 2.75) is 17.2 Å². The first-order valence-corrected chi connectivity index (χ1v) is 6.25. The second-order valence-corrected chi connectivity index (χ2v) is 5.28. The molecule has 0 aliphatic heterocycles. The van der Waals surface area contributed by atoms with Gasteiger partial charge in [-0.05, 0) is 24.3 Å². The lowest BCUT2D eigenvalue weighted by Gasteiger charge is -2.14. The predicted octanol–water partition coefficient (Wildman–Crippen LogP) is 2.95. The van der Waals surface area contributed by atoms with E-state index < -0.39 is 34.0 Å². The summed E-state index contributed by atoms with van der Waals surface area (Å²) in [4.78, 5) is -0.447. The van der Waals surface area contributed by atoms with Crippen LogP contribution in [0.4, 0.5) is 17.6 Å². The normalized spacial score (nSPS) is 13.0. The van der Waals surface area contributed by atoms with Gasteiger partial charge in [-0.3, -0.25) is 4.18 Å². The number of alkyl halides is 4. The summed E-state index contributed by atoms with van der Waals surface area (Å²) in [6, 6.07) is 4.42. The molecule has 0 aliphatic carbocycles. The van der Waals surface area contributed by atoms with Gasteiger partial charge in [-0.2, -0.15) is 17.2 Å². The van der Waals surface area contributed by atoms with Crippen molar-refractivity contribution in [3.63, 3.8) is 0 Å². The molecule has 0 fully saturated rings. The van der Waals surface area contributed by atoms with E-state index in [1.807, 2.05) is 0 Å². The predicted molar refractivity (Wildman–Crippen MR) is 55.5 cm³/mol. The third-order valence-corrected chi connectivity index (χ3v) is 3.36. The Morgan fingerprint density at radius 2 is 1.72 bits per heavy atom. The van der Waals surface area contributed by atoms with Crippen LogP contribution in [0, 0.1) is 0 Å². The van der Waals surface area contributed by atoms with Crippen molar-refractivity contribution in [3.8, 4) is 0 Å². The van der Waals surface area contributed by atoms with Gasteiger partial charge in [0.1, 0.15) is 6.61 Å². The molecule has 0 aliphatic rings. The molecule has 0 radical (unpaired) electrons. The molecule has 0 atom stereocenters. The van der Waals surface area contributed by atoms with Crippen LogP contribution in [0.15, 0.2) is 29.2 Å². The minimum absolute atomic E-state index is 0.229. The highest BCUT2D eigenvalue weighted by atomic mass is 35.5. The molecule has 18 heavy (non-hydrogen) atoms. The maximum absolute atomic E-state index is 12.5. The molecule has 0 amide bonds. The molecule has 0 heterocycles. The monoisotopic (exact) mass is 306 g/mol. The minimum Gasteiger partial charge on any atom is -0.260 e. The van der Waals surface area contributed by atoms with Crippen molar-refractivity contribution < 1.29 is 30.2 Å². The van der Waals surface area contributed by atoms with Gasteiger partial charge < -0.3 is 0 Å². The van der Waals surface area contributed by atoms with Crippen LogP contribution in [0.5, 0.6) is 0 Å².